The smallest absolute Gasteiger partial charge is 0.329 e. The zero-order valence-corrected chi connectivity index (χ0v) is 14.2. The number of aromatic nitrogens is 2. The fourth-order valence-corrected chi connectivity index (χ4v) is 3.44. The molecule has 128 valence electrons. The number of hydrogen-bond donors (Lipinski definition) is 1. The molecule has 0 saturated heterocycles. The number of hydrogen-bond acceptors (Lipinski definition) is 2. The molecule has 0 radical (unpaired) electrons. The molecule has 25 heavy (non-hydrogen) atoms. The number of benzene rings is 2. The van der Waals surface area contributed by atoms with Gasteiger partial charge in [0.25, 0.3) is 0 Å². The summed E-state index contributed by atoms with van der Waals surface area (Å²) in [6.07, 6.45) is 2.27. The molecule has 1 aromatic heterocycles. The Labute approximate surface area is 145 Å². The van der Waals surface area contributed by atoms with Gasteiger partial charge in [-0.2, -0.15) is 0 Å². The van der Waals surface area contributed by atoms with Crippen molar-refractivity contribution in [2.75, 3.05) is 0 Å². The number of carbonyl (C=O) groups excluding carboxylic acids is 1. The highest BCUT2D eigenvalue weighted by molar-refractivity contribution is 5.81. The van der Waals surface area contributed by atoms with E-state index in [1.54, 1.807) is 16.2 Å². The molecule has 1 unspecified atom stereocenters. The second-order valence-electron chi connectivity index (χ2n) is 6.71. The van der Waals surface area contributed by atoms with Crippen molar-refractivity contribution >= 4 is 16.9 Å². The lowest BCUT2D eigenvalue weighted by atomic mass is 10.0. The number of nitrogens with one attached hydrogen (secondary N) is 1. The lowest BCUT2D eigenvalue weighted by molar-refractivity contribution is -0.122. The van der Waals surface area contributed by atoms with Crippen molar-refractivity contribution in [3.8, 4) is 0 Å². The minimum atomic E-state index is -0.168. The normalized spacial score (nSPS) is 15.2. The number of nitrogens with zero attached hydrogens (tertiary/aromatic N) is 2. The molecule has 0 bridgehead atoms. The summed E-state index contributed by atoms with van der Waals surface area (Å²) in [5.74, 6) is 0.370. The molecule has 1 heterocycles. The van der Waals surface area contributed by atoms with Crippen molar-refractivity contribution in [2.24, 2.45) is 13.0 Å². The van der Waals surface area contributed by atoms with Gasteiger partial charge in [0.05, 0.1) is 17.1 Å². The maximum atomic E-state index is 12.7. The van der Waals surface area contributed by atoms with Crippen LogP contribution in [0.1, 0.15) is 24.4 Å². The Morgan fingerprint density at radius 1 is 1.08 bits per heavy atom. The van der Waals surface area contributed by atoms with Crippen molar-refractivity contribution in [2.45, 2.75) is 25.4 Å². The van der Waals surface area contributed by atoms with Gasteiger partial charge in [-0.1, -0.05) is 42.5 Å². The summed E-state index contributed by atoms with van der Waals surface area (Å²) in [6, 6.07) is 17.6. The average Bonchev–Trinajstić information content (AvgIpc) is 3.45. The van der Waals surface area contributed by atoms with Gasteiger partial charge in [0.2, 0.25) is 5.91 Å². The average molecular weight is 335 g/mol. The third kappa shape index (κ3) is 2.97. The summed E-state index contributed by atoms with van der Waals surface area (Å²) in [5, 5.41) is 3.14. The molecule has 5 nitrogen and oxygen atoms in total. The molecule has 5 heteroatoms. The number of amides is 1. The number of carbonyl (C=O) groups is 1. The zero-order chi connectivity index (χ0) is 17.4. The monoisotopic (exact) mass is 335 g/mol. The fourth-order valence-electron chi connectivity index (χ4n) is 3.44. The quantitative estimate of drug-likeness (QED) is 0.779. The van der Waals surface area contributed by atoms with Crippen LogP contribution in [-0.2, 0) is 18.4 Å². The SMILES string of the molecule is Cn1c(=O)n(CC(=O)NC(c2ccccc2)C2CC2)c2ccccc21. The lowest BCUT2D eigenvalue weighted by Crippen LogP contribution is -2.35. The zero-order valence-electron chi connectivity index (χ0n) is 14.2. The first-order valence-corrected chi connectivity index (χ1v) is 8.63. The van der Waals surface area contributed by atoms with Gasteiger partial charge in [0.1, 0.15) is 6.54 Å². The van der Waals surface area contributed by atoms with Gasteiger partial charge in [0.15, 0.2) is 0 Å². The van der Waals surface area contributed by atoms with E-state index in [0.717, 1.165) is 29.4 Å². The maximum Gasteiger partial charge on any atom is 0.329 e. The van der Waals surface area contributed by atoms with E-state index in [9.17, 15) is 9.59 Å². The van der Waals surface area contributed by atoms with Crippen LogP contribution in [0, 0.1) is 5.92 Å². The van der Waals surface area contributed by atoms with Crippen LogP contribution in [0.5, 0.6) is 0 Å². The van der Waals surface area contributed by atoms with Crippen LogP contribution < -0.4 is 11.0 Å². The topological polar surface area (TPSA) is 56.0 Å². The molecule has 3 aromatic rings. The van der Waals surface area contributed by atoms with Crippen molar-refractivity contribution in [1.29, 1.82) is 0 Å². The number of fused-ring (bicyclic) bond motifs is 1. The Morgan fingerprint density at radius 3 is 2.40 bits per heavy atom. The molecule has 1 aliphatic carbocycles. The molecular formula is C20H21N3O2. The highest BCUT2D eigenvalue weighted by Crippen LogP contribution is 2.40. The fraction of sp³-hybridized carbons (Fsp3) is 0.300. The number of imidazole rings is 1. The van der Waals surface area contributed by atoms with Gasteiger partial charge >= 0.3 is 5.69 Å². The van der Waals surface area contributed by atoms with Crippen molar-refractivity contribution in [3.63, 3.8) is 0 Å². The molecule has 1 aliphatic rings. The van der Waals surface area contributed by atoms with Gasteiger partial charge in [-0.3, -0.25) is 13.9 Å². The molecule has 4 rings (SSSR count). The minimum absolute atomic E-state index is 0.0272. The van der Waals surface area contributed by atoms with Gasteiger partial charge in [-0.25, -0.2) is 4.79 Å². The van der Waals surface area contributed by atoms with Crippen molar-refractivity contribution in [3.05, 3.63) is 70.6 Å². The number of para-hydroxylation sites is 2. The Kier molecular flexibility index (Phi) is 3.92. The minimum Gasteiger partial charge on any atom is -0.347 e. The van der Waals surface area contributed by atoms with E-state index in [-0.39, 0.29) is 24.2 Å². The summed E-state index contributed by atoms with van der Waals surface area (Å²) in [6.45, 7) is 0.0379. The highest BCUT2D eigenvalue weighted by atomic mass is 16.2. The largest absolute Gasteiger partial charge is 0.347 e. The van der Waals surface area contributed by atoms with Crippen LogP contribution >= 0.6 is 0 Å². The van der Waals surface area contributed by atoms with Crippen molar-refractivity contribution < 1.29 is 4.79 Å². The predicted octanol–water partition coefficient (Wildman–Crippen LogP) is 2.61. The van der Waals surface area contributed by atoms with Crippen LogP contribution in [-0.4, -0.2) is 15.0 Å². The second kappa shape index (κ2) is 6.24. The Balaban J connectivity index is 1.58. The van der Waals surface area contributed by atoms with Gasteiger partial charge < -0.3 is 5.32 Å². The van der Waals surface area contributed by atoms with Crippen LogP contribution in [0.15, 0.2) is 59.4 Å². The van der Waals surface area contributed by atoms with E-state index in [4.69, 9.17) is 0 Å². The third-order valence-corrected chi connectivity index (χ3v) is 4.92. The van der Waals surface area contributed by atoms with Crippen LogP contribution in [0.2, 0.25) is 0 Å². The molecule has 2 aromatic carbocycles. The van der Waals surface area contributed by atoms with Gasteiger partial charge in [0, 0.05) is 7.05 Å². The summed E-state index contributed by atoms with van der Waals surface area (Å²) in [5.41, 5.74) is 2.58. The molecule has 0 spiro atoms. The van der Waals surface area contributed by atoms with E-state index in [1.807, 2.05) is 54.6 Å². The second-order valence-corrected chi connectivity index (χ2v) is 6.71. The highest BCUT2D eigenvalue weighted by Gasteiger charge is 2.33. The van der Waals surface area contributed by atoms with E-state index in [0.29, 0.717) is 5.92 Å². The third-order valence-electron chi connectivity index (χ3n) is 4.92. The standard InChI is InChI=1S/C20H21N3O2/c1-22-16-9-5-6-10-17(16)23(20(22)25)13-18(24)21-19(15-11-12-15)14-7-3-2-4-8-14/h2-10,15,19H,11-13H2,1H3,(H,21,24). The Morgan fingerprint density at radius 2 is 1.72 bits per heavy atom. The van der Waals surface area contributed by atoms with Crippen LogP contribution in [0.25, 0.3) is 11.0 Å². The van der Waals surface area contributed by atoms with E-state index in [1.165, 1.54) is 0 Å². The Bertz CT molecular complexity index is 968. The van der Waals surface area contributed by atoms with E-state index >= 15 is 0 Å². The van der Waals surface area contributed by atoms with Crippen molar-refractivity contribution in [1.82, 2.24) is 14.5 Å². The first kappa shape index (κ1) is 15.7. The summed E-state index contributed by atoms with van der Waals surface area (Å²) in [7, 11) is 1.73. The number of aryl methyl sites for hydroxylation is 1. The molecule has 1 saturated carbocycles. The van der Waals surface area contributed by atoms with Crippen LogP contribution in [0.4, 0.5) is 0 Å². The summed E-state index contributed by atoms with van der Waals surface area (Å²) >= 11 is 0. The van der Waals surface area contributed by atoms with Crippen LogP contribution in [0.3, 0.4) is 0 Å². The maximum absolute atomic E-state index is 12.7. The van der Waals surface area contributed by atoms with E-state index in [2.05, 4.69) is 5.32 Å². The number of rotatable bonds is 5. The molecule has 1 amide bonds. The predicted molar refractivity (Wildman–Crippen MR) is 97.2 cm³/mol. The van der Waals surface area contributed by atoms with E-state index < -0.39 is 0 Å². The lowest BCUT2D eigenvalue weighted by Gasteiger charge is -2.19. The van der Waals surface area contributed by atoms with Gasteiger partial charge in [-0.05, 0) is 36.5 Å². The first-order chi connectivity index (χ1) is 12.1. The summed E-state index contributed by atoms with van der Waals surface area (Å²) in [4.78, 5) is 25.1. The molecular weight excluding hydrogens is 314 g/mol. The Hall–Kier alpha value is -2.82. The van der Waals surface area contributed by atoms with Gasteiger partial charge in [-0.15, -0.1) is 0 Å². The molecule has 0 aliphatic heterocycles. The molecule has 1 fully saturated rings. The summed E-state index contributed by atoms with van der Waals surface area (Å²) < 4.78 is 3.12. The first-order valence-electron chi connectivity index (χ1n) is 8.63. The molecule has 1 N–H and O–H groups in total. The molecule has 1 atom stereocenters.